The lowest BCUT2D eigenvalue weighted by Crippen LogP contribution is -2.48. The van der Waals surface area contributed by atoms with E-state index in [1.165, 1.54) is 6.39 Å². The van der Waals surface area contributed by atoms with Crippen LogP contribution in [0.3, 0.4) is 0 Å². The van der Waals surface area contributed by atoms with Crippen molar-refractivity contribution in [1.29, 1.82) is 0 Å². The van der Waals surface area contributed by atoms with E-state index in [0.717, 1.165) is 44.2 Å². The van der Waals surface area contributed by atoms with Crippen molar-refractivity contribution in [2.24, 2.45) is 0 Å². The number of piperazine rings is 1. The number of hydrogen-bond donors (Lipinski definition) is 1. The van der Waals surface area contributed by atoms with Crippen LogP contribution in [0.4, 0.5) is 0 Å². The van der Waals surface area contributed by atoms with E-state index in [1.807, 2.05) is 7.05 Å². The van der Waals surface area contributed by atoms with E-state index in [1.54, 1.807) is 0 Å². The Kier molecular flexibility index (Phi) is 6.37. The number of oxazole rings is 1. The molecule has 2 rings (SSSR count). The van der Waals surface area contributed by atoms with Gasteiger partial charge in [0, 0.05) is 51.7 Å². The summed E-state index contributed by atoms with van der Waals surface area (Å²) >= 11 is 0. The molecule has 1 aliphatic heterocycles. The van der Waals surface area contributed by atoms with Crippen LogP contribution in [0, 0.1) is 0 Å². The first-order valence-corrected chi connectivity index (χ1v) is 8.15. The van der Waals surface area contributed by atoms with E-state index in [2.05, 4.69) is 40.6 Å². The number of β-amino-alcohol motifs (C(OH)–C–C–N with tert-alkyl or cyclic N) is 1. The molecule has 1 atom stereocenters. The molecule has 1 aliphatic rings. The Bertz CT molecular complexity index is 441. The lowest BCUT2D eigenvalue weighted by molar-refractivity contribution is 0.0591. The number of aliphatic hydroxyl groups excluding tert-OH is 1. The first kappa shape index (κ1) is 17.4. The molecule has 22 heavy (non-hydrogen) atoms. The number of aromatic nitrogens is 1. The van der Waals surface area contributed by atoms with Crippen LogP contribution in [-0.2, 0) is 6.54 Å². The highest BCUT2D eigenvalue weighted by molar-refractivity contribution is 5.10. The number of rotatable bonds is 7. The van der Waals surface area contributed by atoms with E-state index >= 15 is 0 Å². The molecule has 0 saturated carbocycles. The van der Waals surface area contributed by atoms with Crippen LogP contribution in [0.1, 0.15) is 31.2 Å². The van der Waals surface area contributed by atoms with Crippen molar-refractivity contribution in [2.45, 2.75) is 32.4 Å². The number of nitrogens with zero attached hydrogens (tertiary/aromatic N) is 4. The van der Waals surface area contributed by atoms with E-state index in [9.17, 15) is 5.11 Å². The topological polar surface area (TPSA) is 56.0 Å². The molecule has 1 fully saturated rings. The molecule has 0 bridgehead atoms. The summed E-state index contributed by atoms with van der Waals surface area (Å²) in [5, 5.41) is 10.3. The molecule has 2 heterocycles. The van der Waals surface area contributed by atoms with Gasteiger partial charge in [-0.05, 0) is 14.1 Å². The summed E-state index contributed by atoms with van der Waals surface area (Å²) in [6.45, 7) is 10.6. The third-order valence-corrected chi connectivity index (χ3v) is 4.20. The smallest absolute Gasteiger partial charge is 0.181 e. The third kappa shape index (κ3) is 5.05. The van der Waals surface area contributed by atoms with Gasteiger partial charge >= 0.3 is 0 Å². The zero-order chi connectivity index (χ0) is 16.1. The van der Waals surface area contributed by atoms with Crippen molar-refractivity contribution >= 4 is 0 Å². The second kappa shape index (κ2) is 8.06. The maximum atomic E-state index is 10.3. The van der Waals surface area contributed by atoms with Gasteiger partial charge < -0.3 is 14.4 Å². The van der Waals surface area contributed by atoms with Gasteiger partial charge in [-0.2, -0.15) is 0 Å². The van der Waals surface area contributed by atoms with Crippen LogP contribution >= 0.6 is 0 Å². The largest absolute Gasteiger partial charge is 0.448 e. The van der Waals surface area contributed by atoms with Gasteiger partial charge in [-0.25, -0.2) is 4.98 Å². The molecule has 1 aromatic rings. The van der Waals surface area contributed by atoms with Crippen LogP contribution in [-0.4, -0.2) is 84.3 Å². The van der Waals surface area contributed by atoms with Gasteiger partial charge in [0.05, 0.1) is 11.8 Å². The zero-order valence-corrected chi connectivity index (χ0v) is 14.3. The van der Waals surface area contributed by atoms with Crippen LogP contribution in [0.2, 0.25) is 0 Å². The molecule has 0 aromatic carbocycles. The first-order chi connectivity index (χ1) is 10.5. The fraction of sp³-hybridized carbons (Fsp3) is 0.812. The number of aliphatic hydroxyl groups is 1. The molecule has 0 amide bonds. The molecule has 0 spiro atoms. The van der Waals surface area contributed by atoms with E-state index in [-0.39, 0.29) is 6.10 Å². The van der Waals surface area contributed by atoms with E-state index in [0.29, 0.717) is 19.0 Å². The molecule has 6 nitrogen and oxygen atoms in total. The summed E-state index contributed by atoms with van der Waals surface area (Å²) in [5.74, 6) is 1.28. The van der Waals surface area contributed by atoms with Gasteiger partial charge in [0.15, 0.2) is 6.39 Å². The van der Waals surface area contributed by atoms with Gasteiger partial charge in [-0.15, -0.1) is 0 Å². The maximum Gasteiger partial charge on any atom is 0.181 e. The molecule has 0 radical (unpaired) electrons. The van der Waals surface area contributed by atoms with Gasteiger partial charge in [-0.3, -0.25) is 9.80 Å². The average Bonchev–Trinajstić information content (AvgIpc) is 2.89. The van der Waals surface area contributed by atoms with Crippen LogP contribution in [0.15, 0.2) is 10.8 Å². The predicted molar refractivity (Wildman–Crippen MR) is 86.9 cm³/mol. The Labute approximate surface area is 133 Å². The average molecular weight is 310 g/mol. The highest BCUT2D eigenvalue weighted by atomic mass is 16.3. The molecule has 6 heteroatoms. The van der Waals surface area contributed by atoms with Gasteiger partial charge in [0.25, 0.3) is 0 Å². The Hall–Kier alpha value is -0.950. The van der Waals surface area contributed by atoms with E-state index < -0.39 is 0 Å². The van der Waals surface area contributed by atoms with Crippen molar-refractivity contribution in [3.8, 4) is 0 Å². The van der Waals surface area contributed by atoms with Crippen molar-refractivity contribution in [3.63, 3.8) is 0 Å². The number of likely N-dealkylation sites (N-methyl/N-ethyl adjacent to an activating group) is 2. The van der Waals surface area contributed by atoms with Crippen LogP contribution < -0.4 is 0 Å². The highest BCUT2D eigenvalue weighted by Gasteiger charge is 2.19. The Balaban J connectivity index is 1.76. The molecule has 1 unspecified atom stereocenters. The first-order valence-electron chi connectivity index (χ1n) is 8.15. The summed E-state index contributed by atoms with van der Waals surface area (Å²) < 4.78 is 5.45. The van der Waals surface area contributed by atoms with Gasteiger partial charge in [-0.1, -0.05) is 13.8 Å². The Morgan fingerprint density at radius 1 is 1.32 bits per heavy atom. The van der Waals surface area contributed by atoms with Crippen molar-refractivity contribution in [3.05, 3.63) is 17.8 Å². The normalized spacial score (nSPS) is 19.2. The van der Waals surface area contributed by atoms with Gasteiger partial charge in [0.1, 0.15) is 5.76 Å². The monoisotopic (exact) mass is 310 g/mol. The van der Waals surface area contributed by atoms with Crippen molar-refractivity contribution in [1.82, 2.24) is 19.7 Å². The van der Waals surface area contributed by atoms with Crippen LogP contribution in [0.25, 0.3) is 0 Å². The minimum absolute atomic E-state index is 0.331. The lowest BCUT2D eigenvalue weighted by atomic mass is 10.1. The standard InChI is InChI=1S/C16H30N4O2/c1-13(2)16-15(17-12-22-16)11-19(4)9-14(21)10-20-7-5-18(3)6-8-20/h12-14,21H,5-11H2,1-4H3. The minimum Gasteiger partial charge on any atom is -0.448 e. The van der Waals surface area contributed by atoms with Crippen molar-refractivity contribution in [2.75, 3.05) is 53.4 Å². The molecule has 1 saturated heterocycles. The highest BCUT2D eigenvalue weighted by Crippen LogP contribution is 2.19. The maximum absolute atomic E-state index is 10.3. The minimum atomic E-state index is -0.331. The zero-order valence-electron chi connectivity index (χ0n) is 14.3. The second-order valence-electron chi connectivity index (χ2n) is 6.77. The van der Waals surface area contributed by atoms with E-state index in [4.69, 9.17) is 4.42 Å². The summed E-state index contributed by atoms with van der Waals surface area (Å²) in [7, 11) is 4.16. The van der Waals surface area contributed by atoms with Crippen LogP contribution in [0.5, 0.6) is 0 Å². The van der Waals surface area contributed by atoms with Gasteiger partial charge in [0.2, 0.25) is 0 Å². The summed E-state index contributed by atoms with van der Waals surface area (Å²) in [5.41, 5.74) is 0.976. The SMILES string of the molecule is CC(C)c1ocnc1CN(C)CC(O)CN1CCN(C)CC1. The summed E-state index contributed by atoms with van der Waals surface area (Å²) in [4.78, 5) is 11.1. The number of hydrogen-bond acceptors (Lipinski definition) is 6. The molecular weight excluding hydrogens is 280 g/mol. The summed E-state index contributed by atoms with van der Waals surface area (Å²) in [6.07, 6.45) is 1.18. The quantitative estimate of drug-likeness (QED) is 0.805. The molecule has 126 valence electrons. The fourth-order valence-electron chi connectivity index (χ4n) is 2.93. The predicted octanol–water partition coefficient (Wildman–Crippen LogP) is 0.838. The molecule has 0 aliphatic carbocycles. The molecule has 1 aromatic heterocycles. The molecule has 1 N–H and O–H groups in total. The van der Waals surface area contributed by atoms with Crippen molar-refractivity contribution < 1.29 is 9.52 Å². The summed E-state index contributed by atoms with van der Waals surface area (Å²) in [6, 6.07) is 0. The Morgan fingerprint density at radius 3 is 2.64 bits per heavy atom. The Morgan fingerprint density at radius 2 is 2.00 bits per heavy atom. The second-order valence-corrected chi connectivity index (χ2v) is 6.77. The lowest BCUT2D eigenvalue weighted by Gasteiger charge is -2.34. The third-order valence-electron chi connectivity index (χ3n) is 4.20. The molecular formula is C16H30N4O2. The fourth-order valence-corrected chi connectivity index (χ4v) is 2.93.